The molecule has 0 radical (unpaired) electrons. The molecule has 3 nitrogen and oxygen atoms in total. The molecular formula is C10H16N2O. The third-order valence-corrected chi connectivity index (χ3v) is 1.50. The first-order valence-electron chi connectivity index (χ1n) is 4.49. The number of hydrogen-bond donors (Lipinski definition) is 1. The monoisotopic (exact) mass is 180 g/mol. The molecule has 1 heterocycles. The normalized spacial score (nSPS) is 10.5. The van der Waals surface area contributed by atoms with Gasteiger partial charge in [0.1, 0.15) is 0 Å². The van der Waals surface area contributed by atoms with Gasteiger partial charge in [-0.1, -0.05) is 6.07 Å². The lowest BCUT2D eigenvalue weighted by molar-refractivity contribution is 0.232. The van der Waals surface area contributed by atoms with E-state index >= 15 is 0 Å². The van der Waals surface area contributed by atoms with Crippen LogP contribution in [0.3, 0.4) is 0 Å². The fourth-order valence-electron chi connectivity index (χ4n) is 1.04. The minimum atomic E-state index is 0.178. The standard InChI is InChI=1S/C10H16N2O/c1-8(2)13-10-6-4-5-9(12-10)7-11-3/h4-6,8,11H,7H2,1-3H3. The average molecular weight is 180 g/mol. The van der Waals surface area contributed by atoms with E-state index in [9.17, 15) is 0 Å². The maximum Gasteiger partial charge on any atom is 0.213 e. The zero-order valence-electron chi connectivity index (χ0n) is 8.37. The third kappa shape index (κ3) is 3.42. The first-order chi connectivity index (χ1) is 6.22. The molecule has 0 atom stereocenters. The van der Waals surface area contributed by atoms with E-state index in [0.717, 1.165) is 12.2 Å². The van der Waals surface area contributed by atoms with Crippen LogP contribution in [0, 0.1) is 0 Å². The van der Waals surface area contributed by atoms with E-state index in [2.05, 4.69) is 10.3 Å². The Hall–Kier alpha value is -1.09. The highest BCUT2D eigenvalue weighted by atomic mass is 16.5. The van der Waals surface area contributed by atoms with Crippen molar-refractivity contribution >= 4 is 0 Å². The second kappa shape index (κ2) is 4.82. The predicted molar refractivity (Wildman–Crippen MR) is 52.8 cm³/mol. The molecule has 1 rings (SSSR count). The quantitative estimate of drug-likeness (QED) is 0.764. The average Bonchev–Trinajstić information content (AvgIpc) is 2.04. The van der Waals surface area contributed by atoms with Crippen molar-refractivity contribution in [3.05, 3.63) is 23.9 Å². The molecule has 0 unspecified atom stereocenters. The number of aromatic nitrogens is 1. The second-order valence-corrected chi connectivity index (χ2v) is 3.16. The molecule has 0 aliphatic rings. The Morgan fingerprint density at radius 2 is 2.23 bits per heavy atom. The Kier molecular flexibility index (Phi) is 3.71. The number of nitrogens with zero attached hydrogens (tertiary/aromatic N) is 1. The molecule has 0 amide bonds. The molecule has 0 saturated carbocycles. The van der Waals surface area contributed by atoms with Gasteiger partial charge in [-0.2, -0.15) is 0 Å². The molecule has 0 saturated heterocycles. The lowest BCUT2D eigenvalue weighted by Gasteiger charge is -2.09. The summed E-state index contributed by atoms with van der Waals surface area (Å²) in [5.41, 5.74) is 1.00. The van der Waals surface area contributed by atoms with Gasteiger partial charge in [0.05, 0.1) is 11.8 Å². The van der Waals surface area contributed by atoms with Crippen LogP contribution in [-0.4, -0.2) is 18.1 Å². The van der Waals surface area contributed by atoms with Gasteiger partial charge in [0.15, 0.2) is 0 Å². The molecule has 13 heavy (non-hydrogen) atoms. The molecule has 3 heteroatoms. The molecule has 0 spiro atoms. The largest absolute Gasteiger partial charge is 0.475 e. The van der Waals surface area contributed by atoms with Crippen molar-refractivity contribution < 1.29 is 4.74 Å². The highest BCUT2D eigenvalue weighted by Crippen LogP contribution is 2.09. The Labute approximate surface area is 79.1 Å². The Balaban J connectivity index is 2.67. The van der Waals surface area contributed by atoms with Crippen molar-refractivity contribution in [1.29, 1.82) is 0 Å². The Bertz CT molecular complexity index is 261. The van der Waals surface area contributed by atoms with E-state index in [4.69, 9.17) is 4.74 Å². The molecule has 0 fully saturated rings. The van der Waals surface area contributed by atoms with E-state index in [1.54, 1.807) is 0 Å². The van der Waals surface area contributed by atoms with Crippen LogP contribution in [0.25, 0.3) is 0 Å². The number of ether oxygens (including phenoxy) is 1. The van der Waals surface area contributed by atoms with Gasteiger partial charge in [0.25, 0.3) is 0 Å². The predicted octanol–water partition coefficient (Wildman–Crippen LogP) is 1.59. The Morgan fingerprint density at radius 1 is 1.46 bits per heavy atom. The van der Waals surface area contributed by atoms with Gasteiger partial charge in [0.2, 0.25) is 5.88 Å². The number of hydrogen-bond acceptors (Lipinski definition) is 3. The lowest BCUT2D eigenvalue weighted by Crippen LogP contribution is -2.10. The number of rotatable bonds is 4. The summed E-state index contributed by atoms with van der Waals surface area (Å²) >= 11 is 0. The van der Waals surface area contributed by atoms with Crippen LogP contribution in [0.2, 0.25) is 0 Å². The summed E-state index contributed by atoms with van der Waals surface area (Å²) in [4.78, 5) is 4.32. The first kappa shape index (κ1) is 9.99. The zero-order chi connectivity index (χ0) is 9.68. The maximum absolute atomic E-state index is 5.46. The molecule has 1 aromatic rings. The van der Waals surface area contributed by atoms with Crippen molar-refractivity contribution in [3.63, 3.8) is 0 Å². The van der Waals surface area contributed by atoms with E-state index in [0.29, 0.717) is 5.88 Å². The minimum absolute atomic E-state index is 0.178. The van der Waals surface area contributed by atoms with Gasteiger partial charge in [-0.05, 0) is 27.0 Å². The molecule has 72 valence electrons. The maximum atomic E-state index is 5.46. The third-order valence-electron chi connectivity index (χ3n) is 1.50. The van der Waals surface area contributed by atoms with Crippen LogP contribution in [0.1, 0.15) is 19.5 Å². The molecule has 1 N–H and O–H groups in total. The number of pyridine rings is 1. The van der Waals surface area contributed by atoms with Crippen molar-refractivity contribution in [3.8, 4) is 5.88 Å². The van der Waals surface area contributed by atoms with Crippen LogP contribution in [0.5, 0.6) is 5.88 Å². The fraction of sp³-hybridized carbons (Fsp3) is 0.500. The highest BCUT2D eigenvalue weighted by molar-refractivity contribution is 5.15. The van der Waals surface area contributed by atoms with Crippen LogP contribution in [0.4, 0.5) is 0 Å². The topological polar surface area (TPSA) is 34.1 Å². The SMILES string of the molecule is CNCc1cccc(OC(C)C)n1. The van der Waals surface area contributed by atoms with Crippen LogP contribution < -0.4 is 10.1 Å². The highest BCUT2D eigenvalue weighted by Gasteiger charge is 1.99. The molecule has 1 aromatic heterocycles. The van der Waals surface area contributed by atoms with Crippen LogP contribution in [-0.2, 0) is 6.54 Å². The van der Waals surface area contributed by atoms with Crippen molar-refractivity contribution in [1.82, 2.24) is 10.3 Å². The minimum Gasteiger partial charge on any atom is -0.475 e. The van der Waals surface area contributed by atoms with Gasteiger partial charge in [-0.25, -0.2) is 4.98 Å². The van der Waals surface area contributed by atoms with Crippen molar-refractivity contribution in [2.24, 2.45) is 0 Å². The zero-order valence-corrected chi connectivity index (χ0v) is 8.37. The summed E-state index contributed by atoms with van der Waals surface area (Å²) in [7, 11) is 1.90. The van der Waals surface area contributed by atoms with Gasteiger partial charge >= 0.3 is 0 Å². The summed E-state index contributed by atoms with van der Waals surface area (Å²) < 4.78 is 5.46. The van der Waals surface area contributed by atoms with Crippen molar-refractivity contribution in [2.75, 3.05) is 7.05 Å². The summed E-state index contributed by atoms with van der Waals surface area (Å²) in [5.74, 6) is 0.697. The van der Waals surface area contributed by atoms with E-state index < -0.39 is 0 Å². The summed E-state index contributed by atoms with van der Waals surface area (Å²) in [6.07, 6.45) is 0.178. The summed E-state index contributed by atoms with van der Waals surface area (Å²) in [6, 6.07) is 5.81. The lowest BCUT2D eigenvalue weighted by atomic mass is 10.3. The van der Waals surface area contributed by atoms with Gasteiger partial charge in [-0.15, -0.1) is 0 Å². The molecular weight excluding hydrogens is 164 g/mol. The second-order valence-electron chi connectivity index (χ2n) is 3.16. The van der Waals surface area contributed by atoms with E-state index in [1.165, 1.54) is 0 Å². The number of nitrogens with one attached hydrogen (secondary N) is 1. The summed E-state index contributed by atoms with van der Waals surface area (Å²) in [5, 5.41) is 3.05. The van der Waals surface area contributed by atoms with Gasteiger partial charge in [0, 0.05) is 12.6 Å². The molecule has 0 aliphatic heterocycles. The summed E-state index contributed by atoms with van der Waals surface area (Å²) in [6.45, 7) is 4.76. The van der Waals surface area contributed by atoms with Crippen LogP contribution >= 0.6 is 0 Å². The van der Waals surface area contributed by atoms with E-state index in [1.807, 2.05) is 39.1 Å². The fourth-order valence-corrected chi connectivity index (χ4v) is 1.04. The smallest absolute Gasteiger partial charge is 0.213 e. The Morgan fingerprint density at radius 3 is 2.85 bits per heavy atom. The molecule has 0 aromatic carbocycles. The molecule has 0 aliphatic carbocycles. The van der Waals surface area contributed by atoms with Crippen LogP contribution in [0.15, 0.2) is 18.2 Å². The molecule has 0 bridgehead atoms. The van der Waals surface area contributed by atoms with E-state index in [-0.39, 0.29) is 6.10 Å². The van der Waals surface area contributed by atoms with Crippen molar-refractivity contribution in [2.45, 2.75) is 26.5 Å². The van der Waals surface area contributed by atoms with Gasteiger partial charge < -0.3 is 10.1 Å². The van der Waals surface area contributed by atoms with Gasteiger partial charge in [-0.3, -0.25) is 0 Å². The first-order valence-corrected chi connectivity index (χ1v) is 4.49.